The molecule has 210 valence electrons. The molecular formula is C31H40N2O5S. The predicted octanol–water partition coefficient (Wildman–Crippen LogP) is 5.71. The monoisotopic (exact) mass is 552 g/mol. The average Bonchev–Trinajstić information content (AvgIpc) is 2.95. The molecule has 0 spiro atoms. The fraction of sp³-hybridized carbons (Fsp3) is 0.484. The van der Waals surface area contributed by atoms with E-state index >= 15 is 0 Å². The van der Waals surface area contributed by atoms with E-state index < -0.39 is 31.4 Å². The van der Waals surface area contributed by atoms with Gasteiger partial charge in [0.25, 0.3) is 5.56 Å². The number of hydrogen-bond acceptors (Lipinski definition) is 6. The van der Waals surface area contributed by atoms with Crippen molar-refractivity contribution in [1.29, 1.82) is 0 Å². The number of ether oxygens (including phenoxy) is 1. The molecular weight excluding hydrogens is 512 g/mol. The Balaban J connectivity index is 1.68. The van der Waals surface area contributed by atoms with Gasteiger partial charge in [0.15, 0.2) is 14.7 Å². The van der Waals surface area contributed by atoms with E-state index in [0.29, 0.717) is 57.4 Å². The van der Waals surface area contributed by atoms with Crippen LogP contribution in [-0.4, -0.2) is 34.4 Å². The molecule has 7 nitrogen and oxygen atoms in total. The van der Waals surface area contributed by atoms with Crippen LogP contribution >= 0.6 is 0 Å². The normalized spacial score (nSPS) is 17.8. The zero-order valence-electron chi connectivity index (χ0n) is 23.2. The molecule has 0 amide bonds. The SMILES string of the molecule is CCCCc1nc(=O)c(S(=O)(=O)[C@H]2CC[C@H](OCc3ccccc3)CC2)c(O)n1-c1c(CC)cccc1CC. The average molecular weight is 553 g/mol. The van der Waals surface area contributed by atoms with Gasteiger partial charge in [0, 0.05) is 6.42 Å². The van der Waals surface area contributed by atoms with Crippen LogP contribution in [0.3, 0.4) is 0 Å². The van der Waals surface area contributed by atoms with Crippen LogP contribution in [0.5, 0.6) is 5.88 Å². The molecule has 39 heavy (non-hydrogen) atoms. The first kappa shape index (κ1) is 29.0. The first-order valence-corrected chi connectivity index (χ1v) is 15.7. The lowest BCUT2D eigenvalue weighted by molar-refractivity contribution is 0.0174. The molecule has 8 heteroatoms. The lowest BCUT2D eigenvalue weighted by atomic mass is 9.97. The number of hydrogen-bond donors (Lipinski definition) is 1. The molecule has 0 aliphatic heterocycles. The van der Waals surface area contributed by atoms with Crippen LogP contribution in [0.25, 0.3) is 5.69 Å². The predicted molar refractivity (Wildman–Crippen MR) is 153 cm³/mol. The molecule has 1 saturated carbocycles. The van der Waals surface area contributed by atoms with Crippen molar-refractivity contribution in [3.63, 3.8) is 0 Å². The van der Waals surface area contributed by atoms with Gasteiger partial charge >= 0.3 is 0 Å². The van der Waals surface area contributed by atoms with Gasteiger partial charge < -0.3 is 9.84 Å². The lowest BCUT2D eigenvalue weighted by Crippen LogP contribution is -2.34. The Bertz CT molecular complexity index is 1400. The highest BCUT2D eigenvalue weighted by Crippen LogP contribution is 2.35. The Morgan fingerprint density at radius 1 is 0.949 bits per heavy atom. The number of sulfone groups is 1. The van der Waals surface area contributed by atoms with Gasteiger partial charge in [-0.05, 0) is 61.6 Å². The quantitative estimate of drug-likeness (QED) is 0.327. The minimum Gasteiger partial charge on any atom is -0.493 e. The van der Waals surface area contributed by atoms with Crippen molar-refractivity contribution in [2.24, 2.45) is 0 Å². The van der Waals surface area contributed by atoms with Crippen molar-refractivity contribution in [2.45, 2.75) is 101 Å². The maximum absolute atomic E-state index is 13.9. The Labute approximate surface area is 231 Å². The Kier molecular flexibility index (Phi) is 9.62. The summed E-state index contributed by atoms with van der Waals surface area (Å²) < 4.78 is 35.3. The lowest BCUT2D eigenvalue weighted by Gasteiger charge is -2.29. The van der Waals surface area contributed by atoms with E-state index in [4.69, 9.17) is 4.74 Å². The minimum atomic E-state index is -4.12. The molecule has 0 saturated heterocycles. The second-order valence-electron chi connectivity index (χ2n) is 10.3. The number of aryl methyl sites for hydroxylation is 3. The molecule has 0 bridgehead atoms. The Morgan fingerprint density at radius 2 is 1.59 bits per heavy atom. The second kappa shape index (κ2) is 12.9. The molecule has 0 radical (unpaired) electrons. The van der Waals surface area contributed by atoms with Crippen LogP contribution in [0.2, 0.25) is 0 Å². The molecule has 1 N–H and O–H groups in total. The Hall–Kier alpha value is -2.97. The Morgan fingerprint density at radius 3 is 2.18 bits per heavy atom. The molecule has 0 unspecified atom stereocenters. The van der Waals surface area contributed by atoms with Gasteiger partial charge in [-0.2, -0.15) is 4.98 Å². The summed E-state index contributed by atoms with van der Waals surface area (Å²) in [4.78, 5) is 16.9. The number of benzene rings is 2. The zero-order valence-corrected chi connectivity index (χ0v) is 24.0. The summed E-state index contributed by atoms with van der Waals surface area (Å²) in [6.45, 7) is 6.56. The summed E-state index contributed by atoms with van der Waals surface area (Å²) in [5.41, 5.74) is 2.86. The van der Waals surface area contributed by atoms with Gasteiger partial charge in [-0.15, -0.1) is 0 Å². The van der Waals surface area contributed by atoms with Gasteiger partial charge in [0.05, 0.1) is 23.6 Å². The smallest absolute Gasteiger partial charge is 0.295 e. The highest BCUT2D eigenvalue weighted by molar-refractivity contribution is 7.92. The molecule has 2 aromatic carbocycles. The van der Waals surface area contributed by atoms with E-state index in [1.165, 1.54) is 4.57 Å². The van der Waals surface area contributed by atoms with Crippen LogP contribution in [0.4, 0.5) is 0 Å². The summed E-state index contributed by atoms with van der Waals surface area (Å²) in [7, 11) is -4.12. The van der Waals surface area contributed by atoms with Crippen molar-refractivity contribution in [3.8, 4) is 11.6 Å². The van der Waals surface area contributed by atoms with Crippen LogP contribution in [-0.2, 0) is 40.4 Å². The molecule has 1 aliphatic carbocycles. The number of nitrogens with zero attached hydrogens (tertiary/aromatic N) is 2. The largest absolute Gasteiger partial charge is 0.493 e. The molecule has 1 aromatic heterocycles. The van der Waals surface area contributed by atoms with Crippen molar-refractivity contribution >= 4 is 9.84 Å². The van der Waals surface area contributed by atoms with E-state index in [-0.39, 0.29) is 6.10 Å². The van der Waals surface area contributed by atoms with E-state index in [2.05, 4.69) is 4.98 Å². The van der Waals surface area contributed by atoms with E-state index in [0.717, 1.165) is 35.2 Å². The molecule has 1 aliphatic rings. The maximum Gasteiger partial charge on any atom is 0.295 e. The van der Waals surface area contributed by atoms with Crippen molar-refractivity contribution in [2.75, 3.05) is 0 Å². The number of unbranched alkanes of at least 4 members (excludes halogenated alkanes) is 1. The first-order chi connectivity index (χ1) is 18.8. The second-order valence-corrected chi connectivity index (χ2v) is 12.5. The highest BCUT2D eigenvalue weighted by Gasteiger charge is 2.38. The van der Waals surface area contributed by atoms with Gasteiger partial charge in [0.2, 0.25) is 5.88 Å². The van der Waals surface area contributed by atoms with Crippen LogP contribution in [0.15, 0.2) is 58.2 Å². The van der Waals surface area contributed by atoms with Crippen LogP contribution in [0.1, 0.15) is 81.8 Å². The number of aromatic hydroxyl groups is 1. The summed E-state index contributed by atoms with van der Waals surface area (Å²) >= 11 is 0. The summed E-state index contributed by atoms with van der Waals surface area (Å²) in [5.74, 6) is -0.119. The third kappa shape index (κ3) is 6.28. The van der Waals surface area contributed by atoms with Crippen LogP contribution < -0.4 is 5.56 Å². The van der Waals surface area contributed by atoms with Gasteiger partial charge in [-0.25, -0.2) is 8.42 Å². The first-order valence-electron chi connectivity index (χ1n) is 14.2. The van der Waals surface area contributed by atoms with E-state index in [9.17, 15) is 18.3 Å². The van der Waals surface area contributed by atoms with Crippen LogP contribution in [0, 0.1) is 0 Å². The number of para-hydroxylation sites is 1. The summed E-state index contributed by atoms with van der Waals surface area (Å²) in [5, 5.41) is 10.8. The van der Waals surface area contributed by atoms with Gasteiger partial charge in [-0.3, -0.25) is 9.36 Å². The molecule has 1 heterocycles. The van der Waals surface area contributed by atoms with Gasteiger partial charge in [0.1, 0.15) is 5.82 Å². The van der Waals surface area contributed by atoms with Gasteiger partial charge in [-0.1, -0.05) is 75.7 Å². The van der Waals surface area contributed by atoms with Crippen molar-refractivity contribution in [3.05, 3.63) is 81.4 Å². The maximum atomic E-state index is 13.9. The number of aromatic nitrogens is 2. The zero-order chi connectivity index (χ0) is 28.0. The van der Waals surface area contributed by atoms with E-state index in [1.807, 2.05) is 69.3 Å². The van der Waals surface area contributed by atoms with Crippen molar-refractivity contribution in [1.82, 2.24) is 9.55 Å². The molecule has 1 fully saturated rings. The third-order valence-corrected chi connectivity index (χ3v) is 9.99. The summed E-state index contributed by atoms with van der Waals surface area (Å²) in [6, 6.07) is 15.8. The standard InChI is InChI=1S/C31H40N2O5S/c1-4-7-16-27-32-30(34)29(31(35)33(27)28-23(5-2)14-11-15-24(28)6-3)39(36,37)26-19-17-25(18-20-26)38-21-22-12-9-8-10-13-22/h8-15,25-26,35H,4-7,16-21H2,1-3H3/t25-,26-. The number of rotatable bonds is 11. The fourth-order valence-electron chi connectivity index (χ4n) is 5.49. The molecule has 0 atom stereocenters. The van der Waals surface area contributed by atoms with Crippen molar-refractivity contribution < 1.29 is 18.3 Å². The molecule has 4 rings (SSSR count). The minimum absolute atomic E-state index is 0.0417. The molecule has 3 aromatic rings. The summed E-state index contributed by atoms with van der Waals surface area (Å²) in [6.07, 6.45) is 5.33. The highest BCUT2D eigenvalue weighted by atomic mass is 32.2. The fourth-order valence-corrected chi connectivity index (χ4v) is 7.35. The van der Waals surface area contributed by atoms with E-state index in [1.54, 1.807) is 0 Å². The third-order valence-electron chi connectivity index (χ3n) is 7.71. The topological polar surface area (TPSA) is 98.5 Å².